The highest BCUT2D eigenvalue weighted by Crippen LogP contribution is 2.05. The summed E-state index contributed by atoms with van der Waals surface area (Å²) in [5.74, 6) is 0. The lowest BCUT2D eigenvalue weighted by atomic mass is 10.00. The molecule has 0 radical (unpaired) electrons. The Bertz CT molecular complexity index is 125. The third-order valence-corrected chi connectivity index (χ3v) is 3.37. The number of likely N-dealkylation sites (tertiary alicyclic amines) is 1. The van der Waals surface area contributed by atoms with E-state index in [0.29, 0.717) is 0 Å². The van der Waals surface area contributed by atoms with Gasteiger partial charge in [-0.1, -0.05) is 6.92 Å². The number of unbranched alkanes of at least 4 members (excludes halogenated alkanes) is 1. The van der Waals surface area contributed by atoms with E-state index < -0.39 is 0 Å². The van der Waals surface area contributed by atoms with Crippen molar-refractivity contribution in [3.8, 4) is 0 Å². The van der Waals surface area contributed by atoms with Crippen LogP contribution in [0.5, 0.6) is 0 Å². The number of hydrogen-bond acceptors (Lipinski definition) is 0. The molecule has 2 atom stereocenters. The Labute approximate surface area is 82.5 Å². The van der Waals surface area contributed by atoms with Crippen molar-refractivity contribution in [3.05, 3.63) is 0 Å². The van der Waals surface area contributed by atoms with E-state index >= 15 is 0 Å². The maximum Gasteiger partial charge on any atom is 0.0872 e. The quantitative estimate of drug-likeness (QED) is 0.560. The van der Waals surface area contributed by atoms with Crippen molar-refractivity contribution in [1.29, 1.82) is 0 Å². The van der Waals surface area contributed by atoms with Crippen molar-refractivity contribution in [2.24, 2.45) is 0 Å². The van der Waals surface area contributed by atoms with Crippen molar-refractivity contribution < 1.29 is 10.6 Å². The molecule has 0 aromatic rings. The molecule has 1 aliphatic rings. The van der Waals surface area contributed by atoms with E-state index in [9.17, 15) is 0 Å². The Kier molecular flexibility index (Phi) is 5.40. The van der Waals surface area contributed by atoms with Crippen molar-refractivity contribution in [3.63, 3.8) is 0 Å². The van der Waals surface area contributed by atoms with Crippen LogP contribution in [0.4, 0.5) is 0 Å². The molecule has 78 valence electrons. The largest absolute Gasteiger partial charge is 0.358 e. The van der Waals surface area contributed by atoms with Gasteiger partial charge in [-0.3, -0.25) is 0 Å². The molecular weight excluding hydrogens is 160 g/mol. The number of piperidine rings is 1. The van der Waals surface area contributed by atoms with Crippen molar-refractivity contribution in [2.45, 2.75) is 51.5 Å². The maximum atomic E-state index is 3.90. The van der Waals surface area contributed by atoms with Gasteiger partial charge < -0.3 is 10.6 Å². The third kappa shape index (κ3) is 3.65. The second-order valence-corrected chi connectivity index (χ2v) is 4.32. The van der Waals surface area contributed by atoms with Crippen LogP contribution in [0.1, 0.15) is 45.4 Å². The van der Waals surface area contributed by atoms with E-state index in [0.717, 1.165) is 12.6 Å². The smallest absolute Gasteiger partial charge is 0.0872 e. The normalized spacial score (nSPS) is 29.1. The standard InChI is InChI=1S/C11H24N2/c1-2-11-7-3-5-9-13(11)10-6-4-8-12/h11H,2-10,12H2,1H3/p+2/t11-/m0/s1. The van der Waals surface area contributed by atoms with E-state index in [1.807, 2.05) is 4.90 Å². The summed E-state index contributed by atoms with van der Waals surface area (Å²) in [5, 5.41) is 0. The molecule has 13 heavy (non-hydrogen) atoms. The number of quaternary nitrogens is 2. The number of hydrogen-bond donors (Lipinski definition) is 2. The minimum atomic E-state index is 0.971. The summed E-state index contributed by atoms with van der Waals surface area (Å²) in [6.45, 7) is 6.28. The van der Waals surface area contributed by atoms with Gasteiger partial charge in [0.05, 0.1) is 25.7 Å². The summed E-state index contributed by atoms with van der Waals surface area (Å²) in [6, 6.07) is 0.971. The Hall–Kier alpha value is -0.0800. The highest BCUT2D eigenvalue weighted by atomic mass is 15.2. The minimum absolute atomic E-state index is 0.971. The van der Waals surface area contributed by atoms with Crippen LogP contribution >= 0.6 is 0 Å². The Balaban J connectivity index is 2.19. The van der Waals surface area contributed by atoms with Crippen LogP contribution < -0.4 is 10.6 Å². The zero-order chi connectivity index (χ0) is 9.52. The second-order valence-electron chi connectivity index (χ2n) is 4.32. The van der Waals surface area contributed by atoms with Crippen LogP contribution in [0.3, 0.4) is 0 Å². The zero-order valence-electron chi connectivity index (χ0n) is 9.15. The summed E-state index contributed by atoms with van der Waals surface area (Å²) < 4.78 is 0. The molecule has 1 fully saturated rings. The Morgan fingerprint density at radius 2 is 2.15 bits per heavy atom. The van der Waals surface area contributed by atoms with E-state index in [2.05, 4.69) is 12.7 Å². The van der Waals surface area contributed by atoms with Gasteiger partial charge in [0.1, 0.15) is 0 Å². The van der Waals surface area contributed by atoms with E-state index in [1.54, 1.807) is 0 Å². The summed E-state index contributed by atoms with van der Waals surface area (Å²) in [7, 11) is 0. The van der Waals surface area contributed by atoms with Crippen molar-refractivity contribution in [2.75, 3.05) is 19.6 Å². The van der Waals surface area contributed by atoms with E-state index in [4.69, 9.17) is 0 Å². The molecule has 0 spiro atoms. The Morgan fingerprint density at radius 1 is 1.31 bits per heavy atom. The number of rotatable bonds is 5. The summed E-state index contributed by atoms with van der Waals surface area (Å²) in [4.78, 5) is 1.88. The van der Waals surface area contributed by atoms with Gasteiger partial charge in [-0.15, -0.1) is 0 Å². The summed E-state index contributed by atoms with van der Waals surface area (Å²) >= 11 is 0. The molecule has 4 N–H and O–H groups in total. The van der Waals surface area contributed by atoms with Crippen LogP contribution in [-0.4, -0.2) is 25.7 Å². The first kappa shape index (κ1) is 11.0. The fourth-order valence-corrected chi connectivity index (χ4v) is 2.50. The van der Waals surface area contributed by atoms with Gasteiger partial charge in [-0.2, -0.15) is 0 Å². The lowest BCUT2D eigenvalue weighted by Crippen LogP contribution is -3.16. The first-order valence-corrected chi connectivity index (χ1v) is 6.02. The van der Waals surface area contributed by atoms with Crippen LogP contribution in [-0.2, 0) is 0 Å². The monoisotopic (exact) mass is 186 g/mol. The molecular formula is C11H26N2+2. The van der Waals surface area contributed by atoms with Crippen LogP contribution in [0.15, 0.2) is 0 Å². The lowest BCUT2D eigenvalue weighted by Gasteiger charge is -2.31. The molecule has 0 aromatic heterocycles. The predicted molar refractivity (Wildman–Crippen MR) is 55.6 cm³/mol. The van der Waals surface area contributed by atoms with Crippen LogP contribution in [0, 0.1) is 0 Å². The average Bonchev–Trinajstić information content (AvgIpc) is 2.19. The molecule has 0 amide bonds. The highest BCUT2D eigenvalue weighted by Gasteiger charge is 2.23. The molecule has 1 unspecified atom stereocenters. The molecule has 0 aliphatic carbocycles. The third-order valence-electron chi connectivity index (χ3n) is 3.37. The fourth-order valence-electron chi connectivity index (χ4n) is 2.50. The molecule has 1 rings (SSSR count). The molecule has 1 saturated heterocycles. The fraction of sp³-hybridized carbons (Fsp3) is 1.00. The summed E-state index contributed by atoms with van der Waals surface area (Å²) in [5.41, 5.74) is 3.90. The second kappa shape index (κ2) is 6.39. The van der Waals surface area contributed by atoms with Crippen LogP contribution in [0.2, 0.25) is 0 Å². The van der Waals surface area contributed by atoms with Gasteiger partial charge in [0, 0.05) is 12.8 Å². The van der Waals surface area contributed by atoms with Crippen molar-refractivity contribution >= 4 is 0 Å². The topological polar surface area (TPSA) is 32.1 Å². The lowest BCUT2D eigenvalue weighted by molar-refractivity contribution is -0.931. The molecule has 0 saturated carbocycles. The average molecular weight is 186 g/mol. The first-order chi connectivity index (χ1) is 6.38. The number of nitrogens with one attached hydrogen (secondary N) is 1. The van der Waals surface area contributed by atoms with Gasteiger partial charge in [-0.25, -0.2) is 0 Å². The first-order valence-electron chi connectivity index (χ1n) is 6.02. The van der Waals surface area contributed by atoms with Crippen LogP contribution in [0.25, 0.3) is 0 Å². The van der Waals surface area contributed by atoms with Gasteiger partial charge in [-0.05, 0) is 25.7 Å². The van der Waals surface area contributed by atoms with Gasteiger partial charge in [0.25, 0.3) is 0 Å². The van der Waals surface area contributed by atoms with Crippen molar-refractivity contribution in [1.82, 2.24) is 0 Å². The highest BCUT2D eigenvalue weighted by molar-refractivity contribution is 4.59. The predicted octanol–water partition coefficient (Wildman–Crippen LogP) is -0.144. The van der Waals surface area contributed by atoms with Gasteiger partial charge >= 0.3 is 0 Å². The molecule has 1 heterocycles. The molecule has 2 heteroatoms. The molecule has 0 bridgehead atoms. The minimum Gasteiger partial charge on any atom is -0.358 e. The molecule has 0 aromatic carbocycles. The summed E-state index contributed by atoms with van der Waals surface area (Å²) in [6.07, 6.45) is 8.47. The van der Waals surface area contributed by atoms with E-state index in [1.165, 1.54) is 51.6 Å². The molecule has 2 nitrogen and oxygen atoms in total. The van der Waals surface area contributed by atoms with Gasteiger partial charge in [0.15, 0.2) is 0 Å². The van der Waals surface area contributed by atoms with E-state index in [-0.39, 0.29) is 0 Å². The van der Waals surface area contributed by atoms with Gasteiger partial charge in [0.2, 0.25) is 0 Å². The SMILES string of the molecule is CC[C@H]1CCCC[NH+]1CCCC[NH3+]. The molecule has 1 aliphatic heterocycles. The zero-order valence-corrected chi connectivity index (χ0v) is 9.15. The Morgan fingerprint density at radius 3 is 2.85 bits per heavy atom. The maximum absolute atomic E-state index is 3.90.